The van der Waals surface area contributed by atoms with Crippen molar-refractivity contribution in [2.75, 3.05) is 24.7 Å². The number of ether oxygens (including phenoxy) is 1. The molecule has 2 fully saturated rings. The first kappa shape index (κ1) is 13.3. The Bertz CT molecular complexity index is 531. The molecule has 3 rings (SSSR count). The summed E-state index contributed by atoms with van der Waals surface area (Å²) in [6.07, 6.45) is 3.90. The summed E-state index contributed by atoms with van der Waals surface area (Å²) in [5.41, 5.74) is 0.781. The van der Waals surface area contributed by atoms with E-state index in [1.54, 1.807) is 12.3 Å². The molecule has 0 saturated carbocycles. The molecule has 20 heavy (non-hydrogen) atoms. The van der Waals surface area contributed by atoms with Crippen LogP contribution < -0.4 is 4.90 Å². The van der Waals surface area contributed by atoms with Gasteiger partial charge >= 0.3 is 0 Å². The predicted octanol–water partition coefficient (Wildman–Crippen LogP) is 1.99. The van der Waals surface area contributed by atoms with Gasteiger partial charge in [-0.25, -0.2) is 9.97 Å². The van der Waals surface area contributed by atoms with E-state index in [-0.39, 0.29) is 0 Å². The average Bonchev–Trinajstić information content (AvgIpc) is 2.45. The van der Waals surface area contributed by atoms with Gasteiger partial charge < -0.3 is 9.64 Å². The maximum absolute atomic E-state index is 8.98. The number of nitrogens with zero attached hydrogens (tertiary/aromatic N) is 4. The first-order valence-corrected chi connectivity index (χ1v) is 7.24. The molecule has 3 heterocycles. The van der Waals surface area contributed by atoms with Crippen LogP contribution in [0.1, 0.15) is 32.4 Å². The Labute approximate surface area is 119 Å². The van der Waals surface area contributed by atoms with Gasteiger partial charge in [-0.05, 0) is 24.8 Å². The molecule has 0 bridgehead atoms. The number of rotatable bonds is 2. The Balaban J connectivity index is 1.86. The molecular weight excluding hydrogens is 252 g/mol. The molecule has 0 N–H and O–H groups in total. The van der Waals surface area contributed by atoms with Crippen molar-refractivity contribution in [3.8, 4) is 6.07 Å². The quantitative estimate of drug-likeness (QED) is 0.824. The van der Waals surface area contributed by atoms with E-state index in [0.29, 0.717) is 29.0 Å². The maximum Gasteiger partial charge on any atom is 0.226 e. The van der Waals surface area contributed by atoms with Gasteiger partial charge in [-0.1, -0.05) is 13.8 Å². The van der Waals surface area contributed by atoms with Gasteiger partial charge in [0, 0.05) is 37.4 Å². The third-order valence-electron chi connectivity index (χ3n) is 4.58. The molecule has 0 aromatic carbocycles. The Morgan fingerprint density at radius 3 is 2.85 bits per heavy atom. The minimum absolute atomic E-state index is 0.346. The highest BCUT2D eigenvalue weighted by molar-refractivity contribution is 5.42. The van der Waals surface area contributed by atoms with Crippen LogP contribution in [0.25, 0.3) is 0 Å². The molecule has 1 atom stereocenters. The minimum atomic E-state index is 0.346. The van der Waals surface area contributed by atoms with E-state index >= 15 is 0 Å². The SMILES string of the molecule is CC(C)C1N(c2nccc(C#N)n2)CC12CCOCC2. The van der Waals surface area contributed by atoms with Crippen LogP contribution in [0.15, 0.2) is 12.3 Å². The van der Waals surface area contributed by atoms with Gasteiger partial charge in [-0.15, -0.1) is 0 Å². The molecule has 1 aromatic rings. The summed E-state index contributed by atoms with van der Waals surface area (Å²) < 4.78 is 5.51. The zero-order valence-corrected chi connectivity index (χ0v) is 12.0. The normalized spacial score (nSPS) is 24.5. The Kier molecular flexibility index (Phi) is 3.35. The minimum Gasteiger partial charge on any atom is -0.381 e. The first-order valence-electron chi connectivity index (χ1n) is 7.24. The molecule has 0 amide bonds. The Morgan fingerprint density at radius 2 is 2.20 bits per heavy atom. The lowest BCUT2D eigenvalue weighted by Crippen LogP contribution is -2.68. The van der Waals surface area contributed by atoms with Crippen molar-refractivity contribution >= 4 is 5.95 Å². The molecule has 106 valence electrons. The fourth-order valence-corrected chi connectivity index (χ4v) is 3.79. The van der Waals surface area contributed by atoms with Crippen molar-refractivity contribution in [1.82, 2.24) is 9.97 Å². The van der Waals surface area contributed by atoms with Gasteiger partial charge in [-0.3, -0.25) is 0 Å². The van der Waals surface area contributed by atoms with Crippen LogP contribution in [0.2, 0.25) is 0 Å². The Hall–Kier alpha value is -1.67. The van der Waals surface area contributed by atoms with Gasteiger partial charge in [0.25, 0.3) is 0 Å². The van der Waals surface area contributed by atoms with Crippen molar-refractivity contribution in [3.05, 3.63) is 18.0 Å². The molecule has 0 radical (unpaired) electrons. The standard InChI is InChI=1S/C15H20N4O/c1-11(2)13-15(4-7-20-8-5-15)10-19(13)14-17-6-3-12(9-16)18-14/h3,6,11,13H,4-5,7-8,10H2,1-2H3. The third-order valence-corrected chi connectivity index (χ3v) is 4.58. The van der Waals surface area contributed by atoms with E-state index < -0.39 is 0 Å². The molecule has 1 spiro atoms. The molecule has 5 nitrogen and oxygen atoms in total. The molecular formula is C15H20N4O. The van der Waals surface area contributed by atoms with Crippen molar-refractivity contribution in [1.29, 1.82) is 5.26 Å². The number of hydrogen-bond donors (Lipinski definition) is 0. The van der Waals surface area contributed by atoms with Crippen LogP contribution in [0.4, 0.5) is 5.95 Å². The van der Waals surface area contributed by atoms with Crippen molar-refractivity contribution in [2.45, 2.75) is 32.7 Å². The van der Waals surface area contributed by atoms with Crippen LogP contribution >= 0.6 is 0 Å². The van der Waals surface area contributed by atoms with E-state index in [2.05, 4.69) is 34.8 Å². The van der Waals surface area contributed by atoms with E-state index in [9.17, 15) is 0 Å². The second-order valence-electron chi connectivity index (χ2n) is 6.15. The fourth-order valence-electron chi connectivity index (χ4n) is 3.79. The van der Waals surface area contributed by atoms with Crippen molar-refractivity contribution < 1.29 is 4.74 Å². The van der Waals surface area contributed by atoms with E-state index in [1.807, 2.05) is 0 Å². The lowest BCUT2D eigenvalue weighted by molar-refractivity contribution is -0.0404. The smallest absolute Gasteiger partial charge is 0.226 e. The summed E-state index contributed by atoms with van der Waals surface area (Å²) in [6, 6.07) is 4.18. The summed E-state index contributed by atoms with van der Waals surface area (Å²) in [6.45, 7) is 7.20. The number of aromatic nitrogens is 2. The highest BCUT2D eigenvalue weighted by atomic mass is 16.5. The molecule has 2 aliphatic heterocycles. The fraction of sp³-hybridized carbons (Fsp3) is 0.667. The summed E-state index contributed by atoms with van der Waals surface area (Å²) in [4.78, 5) is 11.0. The molecule has 1 aromatic heterocycles. The van der Waals surface area contributed by atoms with Gasteiger partial charge in [-0.2, -0.15) is 5.26 Å². The van der Waals surface area contributed by atoms with Gasteiger partial charge in [0.15, 0.2) is 0 Å². The molecule has 5 heteroatoms. The Morgan fingerprint density at radius 1 is 1.45 bits per heavy atom. The van der Waals surface area contributed by atoms with Crippen LogP contribution in [-0.2, 0) is 4.74 Å². The molecule has 1 unspecified atom stereocenters. The van der Waals surface area contributed by atoms with Gasteiger partial charge in [0.2, 0.25) is 5.95 Å². The predicted molar refractivity (Wildman–Crippen MR) is 75.2 cm³/mol. The lowest BCUT2D eigenvalue weighted by atomic mass is 9.63. The molecule has 2 saturated heterocycles. The van der Waals surface area contributed by atoms with Crippen LogP contribution in [0.3, 0.4) is 0 Å². The number of nitriles is 1. The average molecular weight is 272 g/mol. The van der Waals surface area contributed by atoms with E-state index in [0.717, 1.165) is 32.6 Å². The van der Waals surface area contributed by atoms with Gasteiger partial charge in [0.1, 0.15) is 11.8 Å². The molecule has 0 aliphatic carbocycles. The number of hydrogen-bond acceptors (Lipinski definition) is 5. The van der Waals surface area contributed by atoms with E-state index in [4.69, 9.17) is 10.00 Å². The third kappa shape index (κ3) is 2.04. The van der Waals surface area contributed by atoms with E-state index in [1.165, 1.54) is 0 Å². The monoisotopic (exact) mass is 272 g/mol. The maximum atomic E-state index is 8.98. The van der Waals surface area contributed by atoms with Crippen LogP contribution in [0, 0.1) is 22.7 Å². The zero-order valence-electron chi connectivity index (χ0n) is 12.0. The first-order chi connectivity index (χ1) is 9.66. The van der Waals surface area contributed by atoms with Crippen molar-refractivity contribution in [2.24, 2.45) is 11.3 Å². The summed E-state index contributed by atoms with van der Waals surface area (Å²) >= 11 is 0. The second-order valence-corrected chi connectivity index (χ2v) is 6.15. The van der Waals surface area contributed by atoms with Crippen molar-refractivity contribution in [3.63, 3.8) is 0 Å². The highest BCUT2D eigenvalue weighted by Crippen LogP contribution is 2.49. The highest BCUT2D eigenvalue weighted by Gasteiger charge is 2.54. The van der Waals surface area contributed by atoms with Crippen LogP contribution in [0.5, 0.6) is 0 Å². The summed E-state index contributed by atoms with van der Waals surface area (Å²) in [5, 5.41) is 8.98. The topological polar surface area (TPSA) is 62.0 Å². The summed E-state index contributed by atoms with van der Waals surface area (Å²) in [7, 11) is 0. The number of anilines is 1. The lowest BCUT2D eigenvalue weighted by Gasteiger charge is -2.60. The summed E-state index contributed by atoms with van der Waals surface area (Å²) in [5.74, 6) is 1.23. The largest absolute Gasteiger partial charge is 0.381 e. The van der Waals surface area contributed by atoms with Gasteiger partial charge in [0.05, 0.1) is 0 Å². The molecule has 2 aliphatic rings. The van der Waals surface area contributed by atoms with Crippen LogP contribution in [-0.4, -0.2) is 35.8 Å². The second kappa shape index (κ2) is 5.02. The zero-order chi connectivity index (χ0) is 14.2.